The predicted octanol–water partition coefficient (Wildman–Crippen LogP) is 1.08. The Morgan fingerprint density at radius 3 is 2.89 bits per heavy atom. The molecule has 0 atom stereocenters. The fraction of sp³-hybridized carbons (Fsp3) is 0.538. The Kier molecular flexibility index (Phi) is 3.81. The van der Waals surface area contributed by atoms with Gasteiger partial charge in [-0.05, 0) is 37.5 Å². The van der Waals surface area contributed by atoms with Gasteiger partial charge in [-0.15, -0.1) is 0 Å². The lowest BCUT2D eigenvalue weighted by molar-refractivity contribution is -0.132. The zero-order chi connectivity index (χ0) is 13.0. The summed E-state index contributed by atoms with van der Waals surface area (Å²) in [5, 5.41) is 3.21. The molecule has 0 spiro atoms. The predicted molar refractivity (Wildman–Crippen MR) is 69.1 cm³/mol. The smallest absolute Gasteiger partial charge is 0.225 e. The molecule has 2 heterocycles. The minimum absolute atomic E-state index is 0.258. The molecule has 1 aliphatic rings. The average molecular weight is 249 g/mol. The molecule has 1 aromatic heterocycles. The first-order chi connectivity index (χ1) is 8.62. The van der Waals surface area contributed by atoms with Crippen LogP contribution in [-0.4, -0.2) is 30.6 Å². The number of nitrogens with two attached hydrogens (primary N) is 1. The summed E-state index contributed by atoms with van der Waals surface area (Å²) in [6.45, 7) is 3.70. The van der Waals surface area contributed by atoms with E-state index in [4.69, 9.17) is 10.5 Å². The Bertz CT molecular complexity index is 428. The van der Waals surface area contributed by atoms with Crippen molar-refractivity contribution >= 4 is 11.7 Å². The molecule has 3 N–H and O–H groups in total. The Hall–Kier alpha value is -1.62. The SMILES string of the molecule is Cc1ccnc(NCC2(C(N)=O)CCOCC2)c1. The number of hydrogen-bond donors (Lipinski definition) is 2. The van der Waals surface area contributed by atoms with E-state index in [0.29, 0.717) is 32.6 Å². The lowest BCUT2D eigenvalue weighted by atomic mass is 9.79. The molecular formula is C13H19N3O2. The Labute approximate surface area is 107 Å². The largest absolute Gasteiger partial charge is 0.381 e. The highest BCUT2D eigenvalue weighted by molar-refractivity contribution is 5.81. The van der Waals surface area contributed by atoms with Gasteiger partial charge in [0.05, 0.1) is 5.41 Å². The summed E-state index contributed by atoms with van der Waals surface area (Å²) >= 11 is 0. The molecule has 0 unspecified atom stereocenters. The third kappa shape index (κ3) is 2.79. The zero-order valence-corrected chi connectivity index (χ0v) is 10.6. The average Bonchev–Trinajstić information content (AvgIpc) is 2.37. The van der Waals surface area contributed by atoms with Crippen molar-refractivity contribution in [1.29, 1.82) is 0 Å². The van der Waals surface area contributed by atoms with Gasteiger partial charge in [0.15, 0.2) is 0 Å². The molecule has 98 valence electrons. The Morgan fingerprint density at radius 1 is 1.56 bits per heavy atom. The van der Waals surface area contributed by atoms with Crippen molar-refractivity contribution in [3.63, 3.8) is 0 Å². The van der Waals surface area contributed by atoms with Gasteiger partial charge in [0.1, 0.15) is 5.82 Å². The molecule has 18 heavy (non-hydrogen) atoms. The maximum absolute atomic E-state index is 11.7. The lowest BCUT2D eigenvalue weighted by Crippen LogP contribution is -2.46. The number of nitrogens with zero attached hydrogens (tertiary/aromatic N) is 1. The number of carbonyl (C=O) groups excluding carboxylic acids is 1. The summed E-state index contributed by atoms with van der Waals surface area (Å²) in [4.78, 5) is 15.9. The molecular weight excluding hydrogens is 230 g/mol. The van der Waals surface area contributed by atoms with E-state index in [1.54, 1.807) is 6.20 Å². The highest BCUT2D eigenvalue weighted by Gasteiger charge is 2.38. The van der Waals surface area contributed by atoms with Crippen molar-refractivity contribution in [1.82, 2.24) is 4.98 Å². The molecule has 5 heteroatoms. The van der Waals surface area contributed by atoms with Crippen LogP contribution >= 0.6 is 0 Å². The highest BCUT2D eigenvalue weighted by Crippen LogP contribution is 2.30. The first-order valence-electron chi connectivity index (χ1n) is 6.17. The van der Waals surface area contributed by atoms with Crippen LogP contribution in [0.3, 0.4) is 0 Å². The van der Waals surface area contributed by atoms with Gasteiger partial charge in [0.2, 0.25) is 5.91 Å². The van der Waals surface area contributed by atoms with Crippen LogP contribution in [0.4, 0.5) is 5.82 Å². The lowest BCUT2D eigenvalue weighted by Gasteiger charge is -2.34. The molecule has 1 amide bonds. The molecule has 0 radical (unpaired) electrons. The molecule has 2 rings (SSSR count). The summed E-state index contributed by atoms with van der Waals surface area (Å²) in [6, 6.07) is 3.89. The molecule has 1 saturated heterocycles. The standard InChI is InChI=1S/C13H19N3O2/c1-10-2-5-15-11(8-10)16-9-13(12(14)17)3-6-18-7-4-13/h2,5,8H,3-4,6-7,9H2,1H3,(H2,14,17)(H,15,16). The van der Waals surface area contributed by atoms with Gasteiger partial charge in [0.25, 0.3) is 0 Å². The Balaban J connectivity index is 2.04. The maximum Gasteiger partial charge on any atom is 0.225 e. The van der Waals surface area contributed by atoms with E-state index in [1.165, 1.54) is 0 Å². The zero-order valence-electron chi connectivity index (χ0n) is 10.6. The molecule has 0 aliphatic carbocycles. The van der Waals surface area contributed by atoms with Crippen LogP contribution < -0.4 is 11.1 Å². The number of aryl methyl sites for hydroxylation is 1. The number of amides is 1. The summed E-state index contributed by atoms with van der Waals surface area (Å²) in [5.41, 5.74) is 6.16. The van der Waals surface area contributed by atoms with Crippen LogP contribution in [0.15, 0.2) is 18.3 Å². The minimum atomic E-state index is -0.510. The van der Waals surface area contributed by atoms with Crippen molar-refractivity contribution < 1.29 is 9.53 Å². The third-order valence-corrected chi connectivity index (χ3v) is 3.50. The number of primary amides is 1. The van der Waals surface area contributed by atoms with Crippen LogP contribution in [0.5, 0.6) is 0 Å². The summed E-state index contributed by atoms with van der Waals surface area (Å²) < 4.78 is 5.29. The van der Waals surface area contributed by atoms with Crippen molar-refractivity contribution in [3.05, 3.63) is 23.9 Å². The maximum atomic E-state index is 11.7. The summed E-state index contributed by atoms with van der Waals surface area (Å²) in [6.07, 6.45) is 3.08. The van der Waals surface area contributed by atoms with Gasteiger partial charge >= 0.3 is 0 Å². The van der Waals surface area contributed by atoms with E-state index in [1.807, 2.05) is 19.1 Å². The summed E-state index contributed by atoms with van der Waals surface area (Å²) in [7, 11) is 0. The van der Waals surface area contributed by atoms with Crippen LogP contribution in [0.25, 0.3) is 0 Å². The molecule has 1 aliphatic heterocycles. The van der Waals surface area contributed by atoms with Crippen molar-refractivity contribution in [2.75, 3.05) is 25.1 Å². The number of pyridine rings is 1. The van der Waals surface area contributed by atoms with Crippen LogP contribution in [0.1, 0.15) is 18.4 Å². The number of nitrogens with one attached hydrogen (secondary N) is 1. The Morgan fingerprint density at radius 2 is 2.28 bits per heavy atom. The van der Waals surface area contributed by atoms with Gasteiger partial charge in [-0.1, -0.05) is 0 Å². The van der Waals surface area contributed by atoms with Gasteiger partial charge in [-0.3, -0.25) is 4.79 Å². The van der Waals surface area contributed by atoms with Gasteiger partial charge in [0, 0.05) is 26.0 Å². The monoisotopic (exact) mass is 249 g/mol. The van der Waals surface area contributed by atoms with E-state index in [0.717, 1.165) is 11.4 Å². The molecule has 1 aromatic rings. The molecule has 1 fully saturated rings. The second-order valence-corrected chi connectivity index (χ2v) is 4.83. The normalized spacial score (nSPS) is 18.3. The fourth-order valence-electron chi connectivity index (χ4n) is 2.17. The number of hydrogen-bond acceptors (Lipinski definition) is 4. The molecule has 0 bridgehead atoms. The van der Waals surface area contributed by atoms with Gasteiger partial charge < -0.3 is 15.8 Å². The first kappa shape index (κ1) is 12.8. The topological polar surface area (TPSA) is 77.2 Å². The number of aromatic nitrogens is 1. The van der Waals surface area contributed by atoms with E-state index in [2.05, 4.69) is 10.3 Å². The number of carbonyl (C=O) groups is 1. The van der Waals surface area contributed by atoms with Crippen LogP contribution in [-0.2, 0) is 9.53 Å². The molecule has 0 aromatic carbocycles. The molecule has 0 saturated carbocycles. The van der Waals surface area contributed by atoms with E-state index in [9.17, 15) is 4.79 Å². The van der Waals surface area contributed by atoms with E-state index < -0.39 is 5.41 Å². The number of anilines is 1. The third-order valence-electron chi connectivity index (χ3n) is 3.50. The minimum Gasteiger partial charge on any atom is -0.381 e. The van der Waals surface area contributed by atoms with Crippen molar-refractivity contribution in [2.45, 2.75) is 19.8 Å². The van der Waals surface area contributed by atoms with Crippen molar-refractivity contribution in [2.24, 2.45) is 11.1 Å². The fourth-order valence-corrected chi connectivity index (χ4v) is 2.17. The van der Waals surface area contributed by atoms with E-state index in [-0.39, 0.29) is 5.91 Å². The van der Waals surface area contributed by atoms with Gasteiger partial charge in [-0.2, -0.15) is 0 Å². The first-order valence-corrected chi connectivity index (χ1v) is 6.17. The van der Waals surface area contributed by atoms with Crippen LogP contribution in [0.2, 0.25) is 0 Å². The quantitative estimate of drug-likeness (QED) is 0.837. The molecule has 5 nitrogen and oxygen atoms in total. The number of ether oxygens (including phenoxy) is 1. The van der Waals surface area contributed by atoms with Gasteiger partial charge in [-0.25, -0.2) is 4.98 Å². The van der Waals surface area contributed by atoms with Crippen LogP contribution in [0, 0.1) is 12.3 Å². The van der Waals surface area contributed by atoms with E-state index >= 15 is 0 Å². The second kappa shape index (κ2) is 5.35. The van der Waals surface area contributed by atoms with Crippen molar-refractivity contribution in [3.8, 4) is 0 Å². The number of rotatable bonds is 4. The second-order valence-electron chi connectivity index (χ2n) is 4.83. The summed E-state index contributed by atoms with van der Waals surface area (Å²) in [5.74, 6) is 0.521. The highest BCUT2D eigenvalue weighted by atomic mass is 16.5.